The van der Waals surface area contributed by atoms with Crippen LogP contribution < -0.4 is 9.47 Å². The molecule has 100 valence electrons. The van der Waals surface area contributed by atoms with Gasteiger partial charge in [-0.2, -0.15) is 0 Å². The summed E-state index contributed by atoms with van der Waals surface area (Å²) in [7, 11) is 0. The molecule has 0 bridgehead atoms. The molecular formula is C14H10BrN3O2. The summed E-state index contributed by atoms with van der Waals surface area (Å²) in [5.41, 5.74) is 2.77. The van der Waals surface area contributed by atoms with Crippen LogP contribution in [0.2, 0.25) is 0 Å². The first-order valence-electron chi connectivity index (χ1n) is 6.16. The summed E-state index contributed by atoms with van der Waals surface area (Å²) in [6, 6.07) is 7.88. The monoisotopic (exact) mass is 331 g/mol. The first kappa shape index (κ1) is 11.7. The number of aromatic amines is 1. The predicted molar refractivity (Wildman–Crippen MR) is 77.0 cm³/mol. The van der Waals surface area contributed by atoms with Gasteiger partial charge >= 0.3 is 0 Å². The first-order chi connectivity index (χ1) is 9.78. The molecular weight excluding hydrogens is 322 g/mol. The molecule has 0 unspecified atom stereocenters. The zero-order chi connectivity index (χ0) is 13.5. The van der Waals surface area contributed by atoms with Crippen molar-refractivity contribution in [2.75, 3.05) is 6.79 Å². The minimum Gasteiger partial charge on any atom is -0.454 e. The van der Waals surface area contributed by atoms with E-state index in [1.165, 1.54) is 0 Å². The SMILES string of the molecule is Brc1cnc2[nH]c(Cc3ccc4c(c3)OCO4)nc2c1. The van der Waals surface area contributed by atoms with Crippen molar-refractivity contribution in [3.8, 4) is 11.5 Å². The van der Waals surface area contributed by atoms with E-state index in [-0.39, 0.29) is 0 Å². The maximum absolute atomic E-state index is 5.38. The Morgan fingerprint density at radius 1 is 1.20 bits per heavy atom. The van der Waals surface area contributed by atoms with Gasteiger partial charge in [0, 0.05) is 17.1 Å². The van der Waals surface area contributed by atoms with Crippen LogP contribution in [0, 0.1) is 0 Å². The number of aromatic nitrogens is 3. The van der Waals surface area contributed by atoms with Crippen molar-refractivity contribution >= 4 is 27.1 Å². The van der Waals surface area contributed by atoms with Crippen molar-refractivity contribution in [2.45, 2.75) is 6.42 Å². The third kappa shape index (κ3) is 2.02. The summed E-state index contributed by atoms with van der Waals surface area (Å²) >= 11 is 3.40. The van der Waals surface area contributed by atoms with Crippen LogP contribution in [0.4, 0.5) is 0 Å². The molecule has 3 heterocycles. The summed E-state index contributed by atoms with van der Waals surface area (Å²) in [6.45, 7) is 0.293. The highest BCUT2D eigenvalue weighted by Crippen LogP contribution is 2.33. The van der Waals surface area contributed by atoms with Crippen molar-refractivity contribution < 1.29 is 9.47 Å². The summed E-state index contributed by atoms with van der Waals surface area (Å²) in [5.74, 6) is 2.47. The number of nitrogens with one attached hydrogen (secondary N) is 1. The number of benzene rings is 1. The predicted octanol–water partition coefficient (Wildman–Crippen LogP) is 3.04. The second-order valence-electron chi connectivity index (χ2n) is 4.57. The minimum atomic E-state index is 0.293. The van der Waals surface area contributed by atoms with E-state index in [4.69, 9.17) is 9.47 Å². The van der Waals surface area contributed by atoms with Crippen LogP contribution in [-0.2, 0) is 6.42 Å². The lowest BCUT2D eigenvalue weighted by atomic mass is 10.1. The fraction of sp³-hybridized carbons (Fsp3) is 0.143. The van der Waals surface area contributed by atoms with Gasteiger partial charge in [0.15, 0.2) is 17.1 Å². The van der Waals surface area contributed by atoms with Crippen LogP contribution >= 0.6 is 15.9 Å². The Balaban J connectivity index is 1.66. The number of H-pyrrole nitrogens is 1. The van der Waals surface area contributed by atoms with Gasteiger partial charge in [-0.05, 0) is 39.7 Å². The Kier molecular flexibility index (Phi) is 2.63. The topological polar surface area (TPSA) is 60.0 Å². The Labute approximate surface area is 123 Å². The Morgan fingerprint density at radius 3 is 3.05 bits per heavy atom. The van der Waals surface area contributed by atoms with Crippen LogP contribution in [0.25, 0.3) is 11.2 Å². The number of hydrogen-bond acceptors (Lipinski definition) is 4. The van der Waals surface area contributed by atoms with Crippen LogP contribution in [0.3, 0.4) is 0 Å². The average Bonchev–Trinajstić information content (AvgIpc) is 3.03. The molecule has 20 heavy (non-hydrogen) atoms. The quantitative estimate of drug-likeness (QED) is 0.784. The molecule has 0 amide bonds. The molecule has 0 fully saturated rings. The van der Waals surface area contributed by atoms with E-state index in [2.05, 4.69) is 30.9 Å². The third-order valence-electron chi connectivity index (χ3n) is 3.16. The fourth-order valence-corrected chi connectivity index (χ4v) is 2.57. The molecule has 0 aliphatic carbocycles. The lowest BCUT2D eigenvalue weighted by Crippen LogP contribution is -1.93. The van der Waals surface area contributed by atoms with Gasteiger partial charge in [-0.25, -0.2) is 9.97 Å². The fourth-order valence-electron chi connectivity index (χ4n) is 2.25. The Bertz CT molecular complexity index is 800. The minimum absolute atomic E-state index is 0.293. The zero-order valence-corrected chi connectivity index (χ0v) is 12.0. The van der Waals surface area contributed by atoms with Gasteiger partial charge in [-0.3, -0.25) is 0 Å². The molecule has 4 rings (SSSR count). The van der Waals surface area contributed by atoms with Crippen LogP contribution in [0.15, 0.2) is 34.9 Å². The Hall–Kier alpha value is -2.08. The molecule has 0 radical (unpaired) electrons. The Morgan fingerprint density at radius 2 is 2.10 bits per heavy atom. The molecule has 1 aliphatic heterocycles. The van der Waals surface area contributed by atoms with E-state index in [1.54, 1.807) is 6.20 Å². The summed E-state index contributed by atoms with van der Waals surface area (Å²) in [6.07, 6.45) is 2.45. The molecule has 1 aliphatic rings. The molecule has 0 spiro atoms. The van der Waals surface area contributed by atoms with E-state index in [1.807, 2.05) is 24.3 Å². The van der Waals surface area contributed by atoms with E-state index in [0.717, 1.165) is 38.5 Å². The lowest BCUT2D eigenvalue weighted by Gasteiger charge is -2.00. The second-order valence-corrected chi connectivity index (χ2v) is 5.48. The second kappa shape index (κ2) is 4.49. The number of imidazole rings is 1. The van der Waals surface area contributed by atoms with E-state index in [0.29, 0.717) is 13.2 Å². The number of nitrogens with zero attached hydrogens (tertiary/aromatic N) is 2. The van der Waals surface area contributed by atoms with Crippen molar-refractivity contribution in [1.82, 2.24) is 15.0 Å². The van der Waals surface area contributed by atoms with E-state index in [9.17, 15) is 0 Å². The summed E-state index contributed by atoms with van der Waals surface area (Å²) in [4.78, 5) is 12.1. The highest BCUT2D eigenvalue weighted by atomic mass is 79.9. The number of fused-ring (bicyclic) bond motifs is 2. The normalized spacial score (nSPS) is 13.1. The summed E-state index contributed by atoms with van der Waals surface area (Å²) in [5, 5.41) is 0. The highest BCUT2D eigenvalue weighted by molar-refractivity contribution is 9.10. The van der Waals surface area contributed by atoms with Gasteiger partial charge in [0.1, 0.15) is 11.3 Å². The zero-order valence-electron chi connectivity index (χ0n) is 10.4. The maximum atomic E-state index is 5.38. The number of ether oxygens (including phenoxy) is 2. The molecule has 1 aromatic carbocycles. The number of rotatable bonds is 2. The molecule has 0 saturated carbocycles. The summed E-state index contributed by atoms with van der Waals surface area (Å²) < 4.78 is 11.6. The van der Waals surface area contributed by atoms with Crippen molar-refractivity contribution in [1.29, 1.82) is 0 Å². The van der Waals surface area contributed by atoms with Crippen molar-refractivity contribution in [3.63, 3.8) is 0 Å². The van der Waals surface area contributed by atoms with Crippen molar-refractivity contribution in [3.05, 3.63) is 46.3 Å². The van der Waals surface area contributed by atoms with Crippen LogP contribution in [0.1, 0.15) is 11.4 Å². The van der Waals surface area contributed by atoms with Gasteiger partial charge < -0.3 is 14.5 Å². The largest absolute Gasteiger partial charge is 0.454 e. The van der Waals surface area contributed by atoms with Gasteiger partial charge in [0.05, 0.1) is 0 Å². The third-order valence-corrected chi connectivity index (χ3v) is 3.59. The van der Waals surface area contributed by atoms with E-state index < -0.39 is 0 Å². The molecule has 6 heteroatoms. The van der Waals surface area contributed by atoms with Crippen molar-refractivity contribution in [2.24, 2.45) is 0 Å². The van der Waals surface area contributed by atoms with Gasteiger partial charge in [-0.1, -0.05) is 6.07 Å². The number of pyridine rings is 1. The average molecular weight is 332 g/mol. The molecule has 3 aromatic rings. The van der Waals surface area contributed by atoms with Crippen LogP contribution in [-0.4, -0.2) is 21.7 Å². The molecule has 5 nitrogen and oxygen atoms in total. The first-order valence-corrected chi connectivity index (χ1v) is 6.96. The van der Waals surface area contributed by atoms with Gasteiger partial charge in [0.2, 0.25) is 6.79 Å². The highest BCUT2D eigenvalue weighted by Gasteiger charge is 2.14. The van der Waals surface area contributed by atoms with Gasteiger partial charge in [0.25, 0.3) is 0 Å². The molecule has 2 aromatic heterocycles. The number of halogens is 1. The molecule has 0 atom stereocenters. The van der Waals surface area contributed by atoms with Gasteiger partial charge in [-0.15, -0.1) is 0 Å². The molecule has 1 N–H and O–H groups in total. The van der Waals surface area contributed by atoms with E-state index >= 15 is 0 Å². The number of hydrogen-bond donors (Lipinski definition) is 1. The molecule has 0 saturated heterocycles. The maximum Gasteiger partial charge on any atom is 0.231 e. The lowest BCUT2D eigenvalue weighted by molar-refractivity contribution is 0.174. The van der Waals surface area contributed by atoms with Crippen LogP contribution in [0.5, 0.6) is 11.5 Å². The standard InChI is InChI=1S/C14H10BrN3O2/c15-9-5-10-14(16-6-9)18-13(17-10)4-8-1-2-11-12(3-8)20-7-19-11/h1-3,5-6H,4,7H2,(H,16,17,18). The smallest absolute Gasteiger partial charge is 0.231 e.